The second-order valence-electron chi connectivity index (χ2n) is 7.72. The van der Waals surface area contributed by atoms with Crippen LogP contribution in [0.15, 0.2) is 69.6 Å². The number of hydrogen-bond donors (Lipinski definition) is 0. The number of hydrogen-bond acceptors (Lipinski definition) is 6. The molecule has 6 nitrogen and oxygen atoms in total. The van der Waals surface area contributed by atoms with Gasteiger partial charge in [-0.05, 0) is 57.0 Å². The Labute approximate surface area is 196 Å². The van der Waals surface area contributed by atoms with Gasteiger partial charge in [-0.1, -0.05) is 53.3 Å². The third-order valence-electron chi connectivity index (χ3n) is 5.38. The van der Waals surface area contributed by atoms with Gasteiger partial charge >= 0.3 is 5.97 Å². The topological polar surface area (TPSA) is 69.9 Å². The van der Waals surface area contributed by atoms with Crippen LogP contribution in [0.1, 0.15) is 43.5 Å². The quantitative estimate of drug-likeness (QED) is 0.526. The van der Waals surface area contributed by atoms with Gasteiger partial charge in [0, 0.05) is 0 Å². The van der Waals surface area contributed by atoms with E-state index in [9.17, 15) is 9.59 Å². The lowest BCUT2D eigenvalue weighted by molar-refractivity contribution is -0.139. The van der Waals surface area contributed by atoms with Crippen LogP contribution in [0.25, 0.3) is 6.08 Å². The number of aryl methyl sites for hydroxylation is 1. The Morgan fingerprint density at radius 3 is 2.58 bits per heavy atom. The zero-order valence-corrected chi connectivity index (χ0v) is 19.9. The summed E-state index contributed by atoms with van der Waals surface area (Å²) in [6, 6.07) is 14.8. The van der Waals surface area contributed by atoms with Crippen molar-refractivity contribution in [1.82, 2.24) is 4.57 Å². The lowest BCUT2D eigenvalue weighted by Gasteiger charge is -2.24. The molecule has 0 radical (unpaired) electrons. The van der Waals surface area contributed by atoms with E-state index in [0.717, 1.165) is 22.4 Å². The summed E-state index contributed by atoms with van der Waals surface area (Å²) >= 11 is 1.31. The first kappa shape index (κ1) is 22.7. The van der Waals surface area contributed by atoms with Crippen molar-refractivity contribution in [2.45, 2.75) is 33.7 Å². The molecule has 0 fully saturated rings. The molecule has 7 heteroatoms. The molecule has 0 bridgehead atoms. The molecule has 2 aromatic carbocycles. The molecule has 170 valence electrons. The smallest absolute Gasteiger partial charge is 0.338 e. The SMILES string of the molecule is CCOC(=O)C1=C(C)N=c2s/c(=C\c3cccc(OCC)c3)c(=O)n2[C@H]1c1ccc(C)cc1. The molecule has 3 aromatic rings. The normalized spacial score (nSPS) is 15.8. The zero-order chi connectivity index (χ0) is 23.5. The molecular weight excluding hydrogens is 436 g/mol. The minimum absolute atomic E-state index is 0.194. The Bertz CT molecular complexity index is 1400. The summed E-state index contributed by atoms with van der Waals surface area (Å²) in [5.41, 5.74) is 3.55. The second-order valence-corrected chi connectivity index (χ2v) is 8.73. The number of ether oxygens (including phenoxy) is 2. The van der Waals surface area contributed by atoms with Crippen molar-refractivity contribution in [3.05, 3.63) is 96.2 Å². The van der Waals surface area contributed by atoms with E-state index in [-0.39, 0.29) is 12.2 Å². The highest BCUT2D eigenvalue weighted by molar-refractivity contribution is 7.07. The van der Waals surface area contributed by atoms with E-state index >= 15 is 0 Å². The molecule has 33 heavy (non-hydrogen) atoms. The van der Waals surface area contributed by atoms with Gasteiger partial charge in [0.2, 0.25) is 0 Å². The molecule has 0 saturated heterocycles. The summed E-state index contributed by atoms with van der Waals surface area (Å²) in [6.07, 6.45) is 1.84. The second kappa shape index (κ2) is 9.58. The standard InChI is InChI=1S/C26H26N2O4S/c1-5-31-20-9-7-8-18(14-20)15-21-24(29)28-23(19-12-10-16(3)11-13-19)22(25(30)32-6-2)17(4)27-26(28)33-21/h7-15,23H,5-6H2,1-4H3/b21-15-/t23-/m0/s1. The monoisotopic (exact) mass is 462 g/mol. The number of carbonyl (C=O) groups excluding carboxylic acids is 1. The number of aromatic nitrogens is 1. The fourth-order valence-electron chi connectivity index (χ4n) is 3.87. The summed E-state index contributed by atoms with van der Waals surface area (Å²) in [4.78, 5) is 31.7. The maximum atomic E-state index is 13.6. The molecule has 1 aromatic heterocycles. The number of benzene rings is 2. The molecule has 0 unspecified atom stereocenters. The fraction of sp³-hybridized carbons (Fsp3) is 0.269. The number of allylic oxidation sites excluding steroid dienone is 1. The number of esters is 1. The van der Waals surface area contributed by atoms with Crippen LogP contribution in [-0.4, -0.2) is 23.8 Å². The van der Waals surface area contributed by atoms with Crippen LogP contribution < -0.4 is 19.6 Å². The summed E-state index contributed by atoms with van der Waals surface area (Å²) in [5.74, 6) is 0.292. The summed E-state index contributed by atoms with van der Waals surface area (Å²) in [7, 11) is 0. The largest absolute Gasteiger partial charge is 0.494 e. The van der Waals surface area contributed by atoms with Gasteiger partial charge in [0.1, 0.15) is 5.75 Å². The van der Waals surface area contributed by atoms with Crippen molar-refractivity contribution < 1.29 is 14.3 Å². The van der Waals surface area contributed by atoms with Gasteiger partial charge in [-0.25, -0.2) is 9.79 Å². The number of nitrogens with zero attached hydrogens (tertiary/aromatic N) is 2. The zero-order valence-electron chi connectivity index (χ0n) is 19.1. The predicted octanol–water partition coefficient (Wildman–Crippen LogP) is 3.51. The first-order valence-electron chi connectivity index (χ1n) is 10.9. The van der Waals surface area contributed by atoms with Gasteiger partial charge in [-0.15, -0.1) is 0 Å². The summed E-state index contributed by atoms with van der Waals surface area (Å²) in [6.45, 7) is 8.30. The van der Waals surface area contributed by atoms with E-state index in [1.165, 1.54) is 11.3 Å². The number of rotatable bonds is 6. The Morgan fingerprint density at radius 2 is 1.88 bits per heavy atom. The van der Waals surface area contributed by atoms with Gasteiger partial charge in [0.15, 0.2) is 4.80 Å². The van der Waals surface area contributed by atoms with Crippen molar-refractivity contribution in [3.63, 3.8) is 0 Å². The molecule has 1 atom stereocenters. The third kappa shape index (κ3) is 4.54. The highest BCUT2D eigenvalue weighted by Gasteiger charge is 2.33. The third-order valence-corrected chi connectivity index (χ3v) is 6.36. The van der Waals surface area contributed by atoms with Gasteiger partial charge in [0.25, 0.3) is 5.56 Å². The van der Waals surface area contributed by atoms with Crippen LogP contribution in [0.3, 0.4) is 0 Å². The van der Waals surface area contributed by atoms with Crippen molar-refractivity contribution in [3.8, 4) is 5.75 Å². The van der Waals surface area contributed by atoms with E-state index in [2.05, 4.69) is 4.99 Å². The average molecular weight is 463 g/mol. The molecular formula is C26H26N2O4S. The average Bonchev–Trinajstić information content (AvgIpc) is 3.08. The Balaban J connectivity index is 1.91. The van der Waals surface area contributed by atoms with Gasteiger partial charge in [-0.2, -0.15) is 0 Å². The highest BCUT2D eigenvalue weighted by atomic mass is 32.1. The van der Waals surface area contributed by atoms with E-state index in [1.807, 2.05) is 68.5 Å². The fourth-order valence-corrected chi connectivity index (χ4v) is 4.91. The first-order chi connectivity index (χ1) is 15.9. The Kier molecular flexibility index (Phi) is 6.60. The van der Waals surface area contributed by atoms with E-state index in [1.54, 1.807) is 18.4 Å². The van der Waals surface area contributed by atoms with Crippen LogP contribution in [0.4, 0.5) is 0 Å². The molecule has 0 spiro atoms. The molecule has 0 saturated carbocycles. The van der Waals surface area contributed by atoms with Gasteiger partial charge in [-0.3, -0.25) is 9.36 Å². The first-order valence-corrected chi connectivity index (χ1v) is 11.7. The Morgan fingerprint density at radius 1 is 1.12 bits per heavy atom. The van der Waals surface area contributed by atoms with E-state index in [0.29, 0.717) is 27.2 Å². The van der Waals surface area contributed by atoms with Gasteiger partial charge in [0.05, 0.1) is 35.1 Å². The number of thiazole rings is 1. The summed E-state index contributed by atoms with van der Waals surface area (Å²) < 4.78 is 13.1. The van der Waals surface area contributed by atoms with Crippen molar-refractivity contribution >= 4 is 23.4 Å². The van der Waals surface area contributed by atoms with E-state index in [4.69, 9.17) is 9.47 Å². The molecule has 0 amide bonds. The van der Waals surface area contributed by atoms with Crippen LogP contribution in [-0.2, 0) is 9.53 Å². The van der Waals surface area contributed by atoms with Crippen molar-refractivity contribution in [2.75, 3.05) is 13.2 Å². The minimum Gasteiger partial charge on any atom is -0.494 e. The van der Waals surface area contributed by atoms with Crippen molar-refractivity contribution in [2.24, 2.45) is 4.99 Å². The highest BCUT2D eigenvalue weighted by Crippen LogP contribution is 2.30. The minimum atomic E-state index is -0.599. The maximum Gasteiger partial charge on any atom is 0.338 e. The van der Waals surface area contributed by atoms with Crippen LogP contribution in [0.5, 0.6) is 5.75 Å². The number of fused-ring (bicyclic) bond motifs is 1. The lowest BCUT2D eigenvalue weighted by atomic mass is 9.95. The molecule has 1 aliphatic heterocycles. The summed E-state index contributed by atoms with van der Waals surface area (Å²) in [5, 5.41) is 0. The van der Waals surface area contributed by atoms with Gasteiger partial charge < -0.3 is 9.47 Å². The molecule has 4 rings (SSSR count). The molecule has 0 N–H and O–H groups in total. The predicted molar refractivity (Wildman–Crippen MR) is 129 cm³/mol. The van der Waals surface area contributed by atoms with Crippen LogP contribution in [0, 0.1) is 6.92 Å². The van der Waals surface area contributed by atoms with Crippen molar-refractivity contribution in [1.29, 1.82) is 0 Å². The van der Waals surface area contributed by atoms with Crippen LogP contribution >= 0.6 is 11.3 Å². The van der Waals surface area contributed by atoms with E-state index < -0.39 is 12.0 Å². The maximum absolute atomic E-state index is 13.6. The molecule has 0 aliphatic carbocycles. The molecule has 1 aliphatic rings. The molecule has 2 heterocycles. The Hall–Kier alpha value is -3.45. The van der Waals surface area contributed by atoms with Crippen LogP contribution in [0.2, 0.25) is 0 Å². The lowest BCUT2D eigenvalue weighted by Crippen LogP contribution is -2.39. The number of carbonyl (C=O) groups is 1.